The van der Waals surface area contributed by atoms with Crippen molar-refractivity contribution in [3.8, 4) is 0 Å². The highest BCUT2D eigenvalue weighted by atomic mass is 15.3. The average Bonchev–Trinajstić information content (AvgIpc) is 3.35. The van der Waals surface area contributed by atoms with E-state index in [1.807, 2.05) is 12.4 Å². The molecule has 0 fully saturated rings. The number of H-pyrrole nitrogens is 1. The van der Waals surface area contributed by atoms with Gasteiger partial charge in [-0.3, -0.25) is 0 Å². The number of rotatable bonds is 7. The first-order chi connectivity index (χ1) is 14.5. The summed E-state index contributed by atoms with van der Waals surface area (Å²) in [5, 5.41) is 0. The first-order valence-corrected chi connectivity index (χ1v) is 10.9. The molecule has 0 saturated carbocycles. The Balaban J connectivity index is 1.62. The van der Waals surface area contributed by atoms with Crippen LogP contribution in [0.1, 0.15) is 47.1 Å². The van der Waals surface area contributed by atoms with Gasteiger partial charge >= 0.3 is 0 Å². The molecule has 3 heterocycles. The number of fused-ring (bicyclic) bond motifs is 1. The second-order valence-corrected chi connectivity index (χ2v) is 8.28. The molecule has 0 aliphatic carbocycles. The molecule has 2 aromatic heterocycles. The number of nitrogens with zero attached hydrogens (tertiary/aromatic N) is 5. The summed E-state index contributed by atoms with van der Waals surface area (Å²) in [6.45, 7) is 13.6. The molecule has 4 rings (SSSR count). The third-order valence-electron chi connectivity index (χ3n) is 5.97. The largest absolute Gasteiger partial charge is 0.356 e. The number of aromatic amines is 1. The number of hydrogen-bond acceptors (Lipinski definition) is 5. The molecule has 158 valence electrons. The van der Waals surface area contributed by atoms with Crippen LogP contribution in [0, 0.1) is 27.7 Å². The van der Waals surface area contributed by atoms with E-state index in [0.29, 0.717) is 0 Å². The lowest BCUT2D eigenvalue weighted by atomic mass is 10.0. The molecular formula is C24H32N6. The summed E-state index contributed by atoms with van der Waals surface area (Å²) in [5.41, 5.74) is 7.45. The van der Waals surface area contributed by atoms with E-state index in [0.717, 1.165) is 62.2 Å². The molecule has 0 saturated heterocycles. The van der Waals surface area contributed by atoms with Gasteiger partial charge in [0.15, 0.2) is 0 Å². The standard InChI is InChI=1S/C24H32N6/c1-6-30(22-17(3)14-16(2)15-18(22)4)24-27-19(5)20-9-13-29(23(20)28-24)12-7-8-21-25-10-11-26-21/h10-11,14-15H,6-9,12-13H2,1-5H3,(H,25,26). The van der Waals surface area contributed by atoms with E-state index >= 15 is 0 Å². The van der Waals surface area contributed by atoms with E-state index in [-0.39, 0.29) is 0 Å². The van der Waals surface area contributed by atoms with Gasteiger partial charge in [0, 0.05) is 55.4 Å². The molecule has 0 radical (unpaired) electrons. The predicted molar refractivity (Wildman–Crippen MR) is 123 cm³/mol. The smallest absolute Gasteiger partial charge is 0.232 e. The molecule has 0 amide bonds. The average molecular weight is 405 g/mol. The van der Waals surface area contributed by atoms with Gasteiger partial charge in [-0.25, -0.2) is 9.97 Å². The van der Waals surface area contributed by atoms with Crippen LogP contribution in [0.5, 0.6) is 0 Å². The molecule has 0 unspecified atom stereocenters. The summed E-state index contributed by atoms with van der Waals surface area (Å²) in [4.78, 5) is 22.2. The van der Waals surface area contributed by atoms with Crippen molar-refractivity contribution in [3.05, 3.63) is 58.3 Å². The molecule has 0 bridgehead atoms. The number of aromatic nitrogens is 4. The number of anilines is 3. The van der Waals surface area contributed by atoms with E-state index in [1.165, 1.54) is 27.9 Å². The second kappa shape index (κ2) is 8.46. The van der Waals surface area contributed by atoms with Crippen LogP contribution in [-0.2, 0) is 12.8 Å². The van der Waals surface area contributed by atoms with Gasteiger partial charge in [-0.1, -0.05) is 17.7 Å². The maximum Gasteiger partial charge on any atom is 0.232 e. The van der Waals surface area contributed by atoms with Crippen LogP contribution in [0.3, 0.4) is 0 Å². The molecule has 0 spiro atoms. The Morgan fingerprint density at radius 2 is 1.87 bits per heavy atom. The lowest BCUT2D eigenvalue weighted by Crippen LogP contribution is -2.25. The number of aryl methyl sites for hydroxylation is 5. The Kier molecular flexibility index (Phi) is 5.75. The van der Waals surface area contributed by atoms with Crippen molar-refractivity contribution in [3.63, 3.8) is 0 Å². The van der Waals surface area contributed by atoms with E-state index in [9.17, 15) is 0 Å². The molecule has 1 aliphatic heterocycles. The lowest BCUT2D eigenvalue weighted by molar-refractivity contribution is 0.726. The van der Waals surface area contributed by atoms with Crippen LogP contribution in [0.25, 0.3) is 0 Å². The van der Waals surface area contributed by atoms with Crippen molar-refractivity contribution >= 4 is 17.5 Å². The Hall–Kier alpha value is -2.89. The Morgan fingerprint density at radius 3 is 2.53 bits per heavy atom. The van der Waals surface area contributed by atoms with Crippen molar-refractivity contribution in [2.75, 3.05) is 29.4 Å². The Bertz CT molecular complexity index is 1000. The van der Waals surface area contributed by atoms with Crippen LogP contribution in [0.15, 0.2) is 24.5 Å². The van der Waals surface area contributed by atoms with Gasteiger partial charge in [-0.2, -0.15) is 4.98 Å². The molecule has 1 N–H and O–H groups in total. The molecule has 30 heavy (non-hydrogen) atoms. The topological polar surface area (TPSA) is 60.9 Å². The predicted octanol–water partition coefficient (Wildman–Crippen LogP) is 4.59. The van der Waals surface area contributed by atoms with Gasteiger partial charge in [-0.15, -0.1) is 0 Å². The minimum absolute atomic E-state index is 0.807. The van der Waals surface area contributed by atoms with Crippen molar-refractivity contribution in [1.82, 2.24) is 19.9 Å². The summed E-state index contributed by atoms with van der Waals surface area (Å²) in [7, 11) is 0. The number of hydrogen-bond donors (Lipinski definition) is 1. The minimum Gasteiger partial charge on any atom is -0.356 e. The third-order valence-corrected chi connectivity index (χ3v) is 5.97. The maximum absolute atomic E-state index is 5.08. The molecular weight excluding hydrogens is 372 g/mol. The third kappa shape index (κ3) is 3.91. The van der Waals surface area contributed by atoms with E-state index in [1.54, 1.807) is 0 Å². The summed E-state index contributed by atoms with van der Waals surface area (Å²) in [6, 6.07) is 4.48. The fourth-order valence-electron chi connectivity index (χ4n) is 4.68. The van der Waals surface area contributed by atoms with Crippen molar-refractivity contribution < 1.29 is 0 Å². The molecule has 6 nitrogen and oxygen atoms in total. The van der Waals surface area contributed by atoms with Crippen LogP contribution >= 0.6 is 0 Å². The minimum atomic E-state index is 0.807. The van der Waals surface area contributed by atoms with Crippen molar-refractivity contribution in [1.29, 1.82) is 0 Å². The van der Waals surface area contributed by atoms with Crippen molar-refractivity contribution in [2.24, 2.45) is 0 Å². The summed E-state index contributed by atoms with van der Waals surface area (Å²) in [6.07, 6.45) is 6.74. The molecule has 3 aromatic rings. The van der Waals surface area contributed by atoms with Crippen LogP contribution in [-0.4, -0.2) is 39.6 Å². The molecule has 1 aliphatic rings. The number of nitrogens with one attached hydrogen (secondary N) is 1. The summed E-state index contributed by atoms with van der Waals surface area (Å²) >= 11 is 0. The molecule has 1 aromatic carbocycles. The second-order valence-electron chi connectivity index (χ2n) is 8.28. The van der Waals surface area contributed by atoms with Gasteiger partial charge in [0.05, 0.1) is 0 Å². The van der Waals surface area contributed by atoms with E-state index < -0.39 is 0 Å². The normalized spacial score (nSPS) is 13.0. The Morgan fingerprint density at radius 1 is 1.10 bits per heavy atom. The fourth-order valence-corrected chi connectivity index (χ4v) is 4.68. The van der Waals surface area contributed by atoms with Crippen LogP contribution in [0.2, 0.25) is 0 Å². The fraction of sp³-hybridized carbons (Fsp3) is 0.458. The first-order valence-electron chi connectivity index (χ1n) is 10.9. The highest BCUT2D eigenvalue weighted by molar-refractivity contribution is 5.68. The summed E-state index contributed by atoms with van der Waals surface area (Å²) < 4.78 is 0. The van der Waals surface area contributed by atoms with Gasteiger partial charge < -0.3 is 14.8 Å². The molecule has 6 heteroatoms. The zero-order valence-corrected chi connectivity index (χ0v) is 18.8. The van der Waals surface area contributed by atoms with Crippen molar-refractivity contribution in [2.45, 2.75) is 53.9 Å². The van der Waals surface area contributed by atoms with E-state index in [2.05, 4.69) is 66.5 Å². The van der Waals surface area contributed by atoms with Gasteiger partial charge in [0.2, 0.25) is 5.95 Å². The van der Waals surface area contributed by atoms with Gasteiger partial charge in [-0.05, 0) is 58.6 Å². The molecule has 0 atom stereocenters. The summed E-state index contributed by atoms with van der Waals surface area (Å²) in [5.74, 6) is 2.97. The van der Waals surface area contributed by atoms with Gasteiger partial charge in [0.1, 0.15) is 11.6 Å². The number of imidazole rings is 1. The van der Waals surface area contributed by atoms with Crippen LogP contribution in [0.4, 0.5) is 17.5 Å². The first kappa shape index (κ1) is 20.4. The zero-order chi connectivity index (χ0) is 21.3. The highest BCUT2D eigenvalue weighted by Gasteiger charge is 2.26. The van der Waals surface area contributed by atoms with Crippen LogP contribution < -0.4 is 9.80 Å². The quantitative estimate of drug-likeness (QED) is 0.624. The Labute approximate surface area is 179 Å². The lowest BCUT2D eigenvalue weighted by Gasteiger charge is -2.27. The number of benzene rings is 1. The zero-order valence-electron chi connectivity index (χ0n) is 18.8. The monoisotopic (exact) mass is 404 g/mol. The maximum atomic E-state index is 5.08. The van der Waals surface area contributed by atoms with Gasteiger partial charge in [0.25, 0.3) is 0 Å². The van der Waals surface area contributed by atoms with E-state index in [4.69, 9.17) is 9.97 Å². The highest BCUT2D eigenvalue weighted by Crippen LogP contribution is 2.34. The SMILES string of the molecule is CCN(c1nc(C)c2c(n1)N(CCCc1ncc[nH]1)CC2)c1c(C)cc(C)cc1C.